The minimum atomic E-state index is -4.57. The van der Waals surface area contributed by atoms with Crippen molar-refractivity contribution >= 4 is 45.7 Å². The summed E-state index contributed by atoms with van der Waals surface area (Å²) in [6, 6.07) is 15.9. The van der Waals surface area contributed by atoms with Gasteiger partial charge in [0.1, 0.15) is 5.75 Å². The molecule has 1 N–H and O–H groups in total. The van der Waals surface area contributed by atoms with Gasteiger partial charge in [0.05, 0.1) is 26.3 Å². The number of hydrogen-bond acceptors (Lipinski definition) is 5. The van der Waals surface area contributed by atoms with Crippen molar-refractivity contribution < 1.29 is 27.8 Å². The molecule has 1 atom stereocenters. The van der Waals surface area contributed by atoms with Gasteiger partial charge in [-0.05, 0) is 77.5 Å². The van der Waals surface area contributed by atoms with Crippen molar-refractivity contribution in [2.45, 2.75) is 19.2 Å². The quantitative estimate of drug-likeness (QED) is 0.234. The van der Waals surface area contributed by atoms with E-state index in [1.807, 2.05) is 22.6 Å². The van der Waals surface area contributed by atoms with Crippen LogP contribution in [0, 0.1) is 3.57 Å². The average molecular weight is 607 g/mol. The second-order valence-electron chi connectivity index (χ2n) is 7.68. The number of aliphatic carboxylic acids is 1. The zero-order valence-electron chi connectivity index (χ0n) is 18.5. The van der Waals surface area contributed by atoms with E-state index in [-0.39, 0.29) is 16.8 Å². The van der Waals surface area contributed by atoms with Crippen LogP contribution in [0.15, 0.2) is 76.6 Å². The smallest absolute Gasteiger partial charge is 0.416 e. The van der Waals surface area contributed by atoms with Crippen LogP contribution in [0.2, 0.25) is 0 Å². The zero-order chi connectivity index (χ0) is 26.0. The third kappa shape index (κ3) is 5.40. The molecule has 4 aromatic rings. The van der Waals surface area contributed by atoms with Crippen molar-refractivity contribution in [1.82, 2.24) is 9.66 Å². The monoisotopic (exact) mass is 607 g/mol. The van der Waals surface area contributed by atoms with Crippen LogP contribution in [0.25, 0.3) is 22.3 Å². The highest BCUT2D eigenvalue weighted by Gasteiger charge is 2.31. The molecular formula is C25H17F3IN3O4. The molecule has 184 valence electrons. The van der Waals surface area contributed by atoms with Gasteiger partial charge in [0, 0.05) is 5.56 Å². The van der Waals surface area contributed by atoms with Crippen LogP contribution in [0.1, 0.15) is 18.1 Å². The number of nitrogens with zero attached hydrogens (tertiary/aromatic N) is 3. The summed E-state index contributed by atoms with van der Waals surface area (Å²) in [6.45, 7) is 1.40. The summed E-state index contributed by atoms with van der Waals surface area (Å²) in [4.78, 5) is 28.7. The highest BCUT2D eigenvalue weighted by atomic mass is 127. The van der Waals surface area contributed by atoms with Crippen molar-refractivity contribution in [3.8, 4) is 17.1 Å². The van der Waals surface area contributed by atoms with E-state index in [0.29, 0.717) is 20.4 Å². The first-order valence-corrected chi connectivity index (χ1v) is 11.6. The average Bonchev–Trinajstić information content (AvgIpc) is 2.84. The van der Waals surface area contributed by atoms with Gasteiger partial charge in [0.25, 0.3) is 5.56 Å². The van der Waals surface area contributed by atoms with Gasteiger partial charge in [-0.25, -0.2) is 9.78 Å². The summed E-state index contributed by atoms with van der Waals surface area (Å²) < 4.78 is 46.9. The van der Waals surface area contributed by atoms with Crippen LogP contribution in [-0.4, -0.2) is 33.1 Å². The molecule has 3 aromatic carbocycles. The van der Waals surface area contributed by atoms with Gasteiger partial charge < -0.3 is 9.84 Å². The summed E-state index contributed by atoms with van der Waals surface area (Å²) in [5.41, 5.74) is -0.478. The molecule has 0 aliphatic rings. The molecule has 1 aromatic heterocycles. The van der Waals surface area contributed by atoms with E-state index in [1.165, 1.54) is 25.3 Å². The maximum atomic E-state index is 13.3. The number of carboxylic acids is 1. The third-order valence-electron chi connectivity index (χ3n) is 5.13. The lowest BCUT2D eigenvalue weighted by Gasteiger charge is -2.13. The van der Waals surface area contributed by atoms with Gasteiger partial charge in [-0.3, -0.25) is 4.79 Å². The van der Waals surface area contributed by atoms with Crippen LogP contribution < -0.4 is 10.3 Å². The molecule has 0 aliphatic carbocycles. The molecule has 36 heavy (non-hydrogen) atoms. The summed E-state index contributed by atoms with van der Waals surface area (Å²) >= 11 is 1.98. The Balaban J connectivity index is 1.80. The summed E-state index contributed by atoms with van der Waals surface area (Å²) in [5.74, 6) is -0.801. The van der Waals surface area contributed by atoms with Gasteiger partial charge >= 0.3 is 12.1 Å². The summed E-state index contributed by atoms with van der Waals surface area (Å²) in [5, 5.41) is 13.5. The molecule has 0 fully saturated rings. The van der Waals surface area contributed by atoms with Crippen molar-refractivity contribution in [1.29, 1.82) is 0 Å². The number of benzene rings is 3. The maximum Gasteiger partial charge on any atom is 0.416 e. The third-order valence-corrected chi connectivity index (χ3v) is 5.97. The Labute approximate surface area is 216 Å². The second kappa shape index (κ2) is 10.1. The van der Waals surface area contributed by atoms with Gasteiger partial charge in [0.2, 0.25) is 0 Å². The number of alkyl halides is 3. The van der Waals surface area contributed by atoms with Gasteiger partial charge in [-0.1, -0.05) is 24.3 Å². The van der Waals surface area contributed by atoms with Gasteiger partial charge in [0.15, 0.2) is 11.9 Å². The molecule has 0 saturated heterocycles. The van der Waals surface area contributed by atoms with E-state index in [0.717, 1.165) is 16.8 Å². The lowest BCUT2D eigenvalue weighted by molar-refractivity contribution is -0.144. The highest BCUT2D eigenvalue weighted by molar-refractivity contribution is 14.1. The lowest BCUT2D eigenvalue weighted by atomic mass is 10.1. The molecular weight excluding hydrogens is 590 g/mol. The molecule has 0 spiro atoms. The van der Waals surface area contributed by atoms with Crippen LogP contribution in [0.3, 0.4) is 0 Å². The van der Waals surface area contributed by atoms with Crippen molar-refractivity contribution in [3.05, 3.63) is 91.8 Å². The van der Waals surface area contributed by atoms with Crippen molar-refractivity contribution in [2.75, 3.05) is 0 Å². The number of rotatable bonds is 6. The van der Waals surface area contributed by atoms with Crippen LogP contribution >= 0.6 is 22.6 Å². The number of carboxylic acid groups (broad SMARTS) is 1. The molecule has 11 heteroatoms. The number of carbonyl (C=O) groups is 1. The standard InChI is InChI=1S/C25H17F3IN3O4/c1-14(24(34)35)36-21-10-9-15(11-19(21)29)13-30-32-22(16-5-4-6-17(12-16)25(26,27)28)31-20-8-3-2-7-18(20)23(32)33/h2-14H,1H3,(H,34,35)/t14-/m1/s1. The summed E-state index contributed by atoms with van der Waals surface area (Å²) in [6.07, 6.45) is -4.25. The number of hydrogen-bond donors (Lipinski definition) is 1. The molecule has 1 heterocycles. The number of aromatic nitrogens is 2. The molecule has 0 aliphatic heterocycles. The van der Waals surface area contributed by atoms with E-state index >= 15 is 0 Å². The summed E-state index contributed by atoms with van der Waals surface area (Å²) in [7, 11) is 0. The first-order chi connectivity index (χ1) is 17.0. The fraction of sp³-hybridized carbons (Fsp3) is 0.120. The highest BCUT2D eigenvalue weighted by Crippen LogP contribution is 2.32. The second-order valence-corrected chi connectivity index (χ2v) is 8.84. The number of ether oxygens (including phenoxy) is 1. The Kier molecular flexibility index (Phi) is 7.11. The minimum absolute atomic E-state index is 0.0500. The Morgan fingerprint density at radius 1 is 1.14 bits per heavy atom. The fourth-order valence-corrected chi connectivity index (χ4v) is 3.98. The lowest BCUT2D eigenvalue weighted by Crippen LogP contribution is -2.23. The zero-order valence-corrected chi connectivity index (χ0v) is 20.7. The molecule has 0 radical (unpaired) electrons. The van der Waals surface area contributed by atoms with Gasteiger partial charge in [-0.15, -0.1) is 0 Å². The maximum absolute atomic E-state index is 13.3. The minimum Gasteiger partial charge on any atom is -0.479 e. The van der Waals surface area contributed by atoms with Crippen molar-refractivity contribution in [3.63, 3.8) is 0 Å². The Hall–Kier alpha value is -3.74. The van der Waals surface area contributed by atoms with E-state index in [9.17, 15) is 22.8 Å². The number of para-hydroxylation sites is 1. The Morgan fingerprint density at radius 2 is 1.89 bits per heavy atom. The topological polar surface area (TPSA) is 93.8 Å². The molecule has 0 saturated carbocycles. The van der Waals surface area contributed by atoms with E-state index in [1.54, 1.807) is 42.5 Å². The molecule has 0 amide bonds. The number of halogens is 4. The normalized spacial score (nSPS) is 12.7. The predicted octanol–water partition coefficient (Wildman–Crippen LogP) is 5.42. The number of fused-ring (bicyclic) bond motifs is 1. The Bertz CT molecular complexity index is 1550. The van der Waals surface area contributed by atoms with Crippen LogP contribution in [-0.2, 0) is 11.0 Å². The predicted molar refractivity (Wildman–Crippen MR) is 136 cm³/mol. The van der Waals surface area contributed by atoms with E-state index in [4.69, 9.17) is 9.84 Å². The van der Waals surface area contributed by atoms with E-state index in [2.05, 4.69) is 10.1 Å². The van der Waals surface area contributed by atoms with Gasteiger partial charge in [-0.2, -0.15) is 22.9 Å². The molecule has 0 unspecified atom stereocenters. The Morgan fingerprint density at radius 3 is 2.58 bits per heavy atom. The SMILES string of the molecule is C[C@@H](Oc1ccc(C=Nn2c(-c3cccc(C(F)(F)F)c3)nc3ccccc3c2=O)cc1I)C(=O)O. The largest absolute Gasteiger partial charge is 0.479 e. The first-order valence-electron chi connectivity index (χ1n) is 10.5. The first kappa shape index (κ1) is 25.4. The fourth-order valence-electron chi connectivity index (χ4n) is 3.31. The van der Waals surface area contributed by atoms with Crippen molar-refractivity contribution in [2.24, 2.45) is 5.10 Å². The molecule has 0 bridgehead atoms. The van der Waals surface area contributed by atoms with E-state index < -0.39 is 29.4 Å². The van der Waals surface area contributed by atoms with Crippen LogP contribution in [0.4, 0.5) is 13.2 Å². The van der Waals surface area contributed by atoms with Crippen LogP contribution in [0.5, 0.6) is 5.75 Å². The molecule has 7 nitrogen and oxygen atoms in total. The molecule has 4 rings (SSSR count).